The molecule has 0 radical (unpaired) electrons. The molecule has 0 saturated carbocycles. The first kappa shape index (κ1) is 14.4. The van der Waals surface area contributed by atoms with Crippen LogP contribution in [0.4, 0.5) is 11.8 Å². The van der Waals surface area contributed by atoms with Crippen molar-refractivity contribution in [1.29, 1.82) is 10.5 Å². The summed E-state index contributed by atoms with van der Waals surface area (Å²) >= 11 is 5.97. The number of ether oxygens (including phenoxy) is 1. The molecule has 7 nitrogen and oxygen atoms in total. The van der Waals surface area contributed by atoms with E-state index in [2.05, 4.69) is 9.97 Å². The molecule has 0 aliphatic rings. The standard InChI is InChI=1S/C13H9ClN6O/c14-7-1-2-10(21-4-3-15)8(5-7)11-9(6-16)12(17)20-13(18)19-11/h1-2,5H,4H2,(H4,17,18,19,20). The van der Waals surface area contributed by atoms with E-state index in [1.54, 1.807) is 18.2 Å². The summed E-state index contributed by atoms with van der Waals surface area (Å²) in [4.78, 5) is 7.77. The van der Waals surface area contributed by atoms with Crippen molar-refractivity contribution < 1.29 is 4.74 Å². The first-order valence-electron chi connectivity index (χ1n) is 5.69. The molecule has 4 N–H and O–H groups in total. The van der Waals surface area contributed by atoms with Gasteiger partial charge in [0.05, 0.1) is 5.69 Å². The van der Waals surface area contributed by atoms with Crippen LogP contribution >= 0.6 is 11.6 Å². The molecule has 2 aromatic rings. The SMILES string of the molecule is N#CCOc1ccc(Cl)cc1-c1nc(N)nc(N)c1C#N. The second-order valence-electron chi connectivity index (χ2n) is 3.89. The molecule has 1 aromatic carbocycles. The van der Waals surface area contributed by atoms with Crippen LogP contribution in [0.1, 0.15) is 5.56 Å². The number of rotatable bonds is 3. The van der Waals surface area contributed by atoms with Crippen LogP contribution in [0.3, 0.4) is 0 Å². The number of nitriles is 2. The van der Waals surface area contributed by atoms with Gasteiger partial charge in [-0.05, 0) is 18.2 Å². The summed E-state index contributed by atoms with van der Waals surface area (Å²) in [5.74, 6) is 0.230. The molecule has 0 spiro atoms. The highest BCUT2D eigenvalue weighted by molar-refractivity contribution is 6.31. The zero-order chi connectivity index (χ0) is 15.4. The molecule has 2 rings (SSSR count). The van der Waals surface area contributed by atoms with Crippen LogP contribution in [-0.4, -0.2) is 16.6 Å². The molecule has 21 heavy (non-hydrogen) atoms. The third-order valence-corrected chi connectivity index (χ3v) is 2.79. The number of benzene rings is 1. The maximum Gasteiger partial charge on any atom is 0.222 e. The van der Waals surface area contributed by atoms with Gasteiger partial charge >= 0.3 is 0 Å². The third-order valence-electron chi connectivity index (χ3n) is 2.56. The van der Waals surface area contributed by atoms with Gasteiger partial charge in [0.15, 0.2) is 6.61 Å². The number of nitrogens with zero attached hydrogens (tertiary/aromatic N) is 4. The van der Waals surface area contributed by atoms with Crippen LogP contribution in [0.15, 0.2) is 18.2 Å². The molecule has 8 heteroatoms. The lowest BCUT2D eigenvalue weighted by Crippen LogP contribution is -2.06. The fraction of sp³-hybridized carbons (Fsp3) is 0.0769. The van der Waals surface area contributed by atoms with Crippen molar-refractivity contribution in [3.05, 3.63) is 28.8 Å². The van der Waals surface area contributed by atoms with Crippen molar-refractivity contribution in [2.75, 3.05) is 18.1 Å². The molecule has 1 aromatic heterocycles. The molecule has 0 aliphatic carbocycles. The van der Waals surface area contributed by atoms with Crippen molar-refractivity contribution in [2.45, 2.75) is 0 Å². The molecule has 1 heterocycles. The highest BCUT2D eigenvalue weighted by Crippen LogP contribution is 2.35. The smallest absolute Gasteiger partial charge is 0.222 e. The monoisotopic (exact) mass is 300 g/mol. The molecule has 104 valence electrons. The van der Waals surface area contributed by atoms with Gasteiger partial charge in [-0.25, -0.2) is 4.98 Å². The lowest BCUT2D eigenvalue weighted by atomic mass is 10.1. The average molecular weight is 301 g/mol. The summed E-state index contributed by atoms with van der Waals surface area (Å²) in [5.41, 5.74) is 11.9. The molecule has 0 bridgehead atoms. The minimum Gasteiger partial charge on any atom is -0.478 e. The normalized spacial score (nSPS) is 9.67. The van der Waals surface area contributed by atoms with Gasteiger partial charge in [0.2, 0.25) is 5.95 Å². The molecule has 0 saturated heterocycles. The van der Waals surface area contributed by atoms with Crippen LogP contribution in [0.25, 0.3) is 11.3 Å². The Hall–Kier alpha value is -3.03. The van der Waals surface area contributed by atoms with Crippen LogP contribution in [0.5, 0.6) is 5.75 Å². The van der Waals surface area contributed by atoms with Crippen LogP contribution in [0.2, 0.25) is 5.02 Å². The summed E-state index contributed by atoms with van der Waals surface area (Å²) < 4.78 is 5.30. The van der Waals surface area contributed by atoms with E-state index in [1.165, 1.54) is 0 Å². The predicted octanol–water partition coefficient (Wildman–Crippen LogP) is 1.74. The van der Waals surface area contributed by atoms with Gasteiger partial charge in [-0.15, -0.1) is 0 Å². The van der Waals surface area contributed by atoms with Crippen molar-refractivity contribution >= 4 is 23.4 Å². The minimum atomic E-state index is -0.160. The number of aromatic nitrogens is 2. The summed E-state index contributed by atoms with van der Waals surface area (Å²) in [6, 6.07) is 8.50. The van der Waals surface area contributed by atoms with Crippen LogP contribution in [0, 0.1) is 22.7 Å². The summed E-state index contributed by atoms with van der Waals surface area (Å²) in [6.45, 7) is -0.160. The Morgan fingerprint density at radius 1 is 1.24 bits per heavy atom. The Morgan fingerprint density at radius 2 is 2.00 bits per heavy atom. The van der Waals surface area contributed by atoms with E-state index in [0.717, 1.165) is 0 Å². The lowest BCUT2D eigenvalue weighted by Gasteiger charge is -2.11. The fourth-order valence-electron chi connectivity index (χ4n) is 1.72. The second kappa shape index (κ2) is 5.95. The number of nitrogens with two attached hydrogens (primary N) is 2. The highest BCUT2D eigenvalue weighted by atomic mass is 35.5. The van der Waals surface area contributed by atoms with Crippen molar-refractivity contribution in [3.63, 3.8) is 0 Å². The second-order valence-corrected chi connectivity index (χ2v) is 4.33. The van der Waals surface area contributed by atoms with E-state index < -0.39 is 0 Å². The van der Waals surface area contributed by atoms with E-state index >= 15 is 0 Å². The quantitative estimate of drug-likeness (QED) is 0.881. The molecular weight excluding hydrogens is 292 g/mol. The first-order chi connectivity index (χ1) is 10.1. The predicted molar refractivity (Wildman–Crippen MR) is 77.1 cm³/mol. The first-order valence-corrected chi connectivity index (χ1v) is 6.07. The molecule has 0 unspecified atom stereocenters. The Balaban J connectivity index is 2.69. The summed E-state index contributed by atoms with van der Waals surface area (Å²) in [6.07, 6.45) is 0. The van der Waals surface area contributed by atoms with E-state index in [-0.39, 0.29) is 29.6 Å². The maximum absolute atomic E-state index is 9.21. The van der Waals surface area contributed by atoms with Gasteiger partial charge < -0.3 is 16.2 Å². The number of halogens is 1. The van der Waals surface area contributed by atoms with E-state index in [9.17, 15) is 5.26 Å². The summed E-state index contributed by atoms with van der Waals surface area (Å²) in [5, 5.41) is 18.2. The number of nitrogen functional groups attached to an aromatic ring is 2. The largest absolute Gasteiger partial charge is 0.478 e. The van der Waals surface area contributed by atoms with E-state index in [4.69, 9.17) is 33.1 Å². The van der Waals surface area contributed by atoms with Crippen molar-refractivity contribution in [2.24, 2.45) is 0 Å². The van der Waals surface area contributed by atoms with E-state index in [1.807, 2.05) is 12.1 Å². The van der Waals surface area contributed by atoms with Gasteiger partial charge in [0.1, 0.15) is 29.3 Å². The lowest BCUT2D eigenvalue weighted by molar-refractivity contribution is 0.369. The molecule has 0 fully saturated rings. The molecule has 0 aliphatic heterocycles. The van der Waals surface area contributed by atoms with E-state index in [0.29, 0.717) is 16.3 Å². The fourth-order valence-corrected chi connectivity index (χ4v) is 1.90. The minimum absolute atomic E-state index is 0.0359. The Bertz CT molecular complexity index is 777. The Labute approximate surface area is 125 Å². The number of anilines is 2. The van der Waals surface area contributed by atoms with Gasteiger partial charge in [0, 0.05) is 10.6 Å². The maximum atomic E-state index is 9.21. The van der Waals surface area contributed by atoms with Crippen LogP contribution < -0.4 is 16.2 Å². The topological polar surface area (TPSA) is 135 Å². The third kappa shape index (κ3) is 2.94. The number of hydrogen-bond acceptors (Lipinski definition) is 7. The number of hydrogen-bond donors (Lipinski definition) is 2. The Morgan fingerprint density at radius 3 is 2.67 bits per heavy atom. The van der Waals surface area contributed by atoms with Crippen molar-refractivity contribution in [1.82, 2.24) is 9.97 Å². The highest BCUT2D eigenvalue weighted by Gasteiger charge is 2.17. The zero-order valence-corrected chi connectivity index (χ0v) is 11.4. The molecule has 0 amide bonds. The Kier molecular flexibility index (Phi) is 4.07. The molecule has 0 atom stereocenters. The van der Waals surface area contributed by atoms with Gasteiger partial charge in [0.25, 0.3) is 0 Å². The van der Waals surface area contributed by atoms with Gasteiger partial charge in [-0.3, -0.25) is 0 Å². The van der Waals surface area contributed by atoms with Crippen molar-refractivity contribution in [3.8, 4) is 29.1 Å². The zero-order valence-electron chi connectivity index (χ0n) is 10.7. The van der Waals surface area contributed by atoms with Crippen LogP contribution in [-0.2, 0) is 0 Å². The molecular formula is C13H9ClN6O. The average Bonchev–Trinajstić information content (AvgIpc) is 2.45. The summed E-state index contributed by atoms with van der Waals surface area (Å²) in [7, 11) is 0. The van der Waals surface area contributed by atoms with Gasteiger partial charge in [-0.1, -0.05) is 11.6 Å². The van der Waals surface area contributed by atoms with Gasteiger partial charge in [-0.2, -0.15) is 15.5 Å².